The van der Waals surface area contributed by atoms with Gasteiger partial charge in [-0.3, -0.25) is 14.5 Å². The quantitative estimate of drug-likeness (QED) is 0.0629. The summed E-state index contributed by atoms with van der Waals surface area (Å²) in [5.41, 5.74) is 10.9. The number of rotatable bonds is 32. The van der Waals surface area contributed by atoms with Crippen molar-refractivity contribution in [1.82, 2.24) is 4.90 Å². The van der Waals surface area contributed by atoms with Gasteiger partial charge in [0.25, 0.3) is 0 Å². The number of aliphatic carboxylic acids is 1. The standard InChI is InChI=1S/C30H58N2O4.C8H19N/c1-3-5-7-9-11-13-15-17-19-24-28(33)32(27(30(35)36)23-21-22-26-31)29(34)25-20-18-16-14-12-10-8-6-4-2;1-2-3-4-5-6-7-8-9/h27H,3-26,31H2,1-2H3,(H,35,36);2-9H2,1H3/t27-;/m0./s1. The van der Waals surface area contributed by atoms with Crippen LogP contribution in [0.4, 0.5) is 0 Å². The average Bonchev–Trinajstić information content (AvgIpc) is 3.03. The molecule has 45 heavy (non-hydrogen) atoms. The van der Waals surface area contributed by atoms with Crippen molar-refractivity contribution in [3.05, 3.63) is 0 Å². The van der Waals surface area contributed by atoms with E-state index in [1.54, 1.807) is 0 Å². The van der Waals surface area contributed by atoms with Crippen LogP contribution in [0.5, 0.6) is 0 Å². The Morgan fingerprint density at radius 1 is 0.467 bits per heavy atom. The van der Waals surface area contributed by atoms with Crippen LogP contribution >= 0.6 is 0 Å². The molecule has 0 radical (unpaired) electrons. The molecule has 0 bridgehead atoms. The number of nitrogens with two attached hydrogens (primary N) is 2. The third-order valence-corrected chi connectivity index (χ3v) is 8.61. The molecule has 0 fully saturated rings. The van der Waals surface area contributed by atoms with Gasteiger partial charge in [-0.2, -0.15) is 0 Å². The van der Waals surface area contributed by atoms with Crippen LogP contribution in [0, 0.1) is 0 Å². The van der Waals surface area contributed by atoms with Gasteiger partial charge in [-0.05, 0) is 51.6 Å². The molecule has 0 aliphatic rings. The molecule has 0 saturated heterocycles. The minimum absolute atomic E-state index is 0.250. The predicted octanol–water partition coefficient (Wildman–Crippen LogP) is 10.1. The first-order chi connectivity index (χ1) is 21.9. The fraction of sp³-hybridized carbons (Fsp3) is 0.921. The summed E-state index contributed by atoms with van der Waals surface area (Å²) in [6, 6.07) is -1.08. The van der Waals surface area contributed by atoms with Crippen LogP contribution in [0.15, 0.2) is 0 Å². The van der Waals surface area contributed by atoms with Gasteiger partial charge in [-0.15, -0.1) is 0 Å². The lowest BCUT2D eigenvalue weighted by Crippen LogP contribution is -2.48. The smallest absolute Gasteiger partial charge is 0.326 e. The van der Waals surface area contributed by atoms with Crippen LogP contribution in [0.2, 0.25) is 0 Å². The largest absolute Gasteiger partial charge is 0.480 e. The van der Waals surface area contributed by atoms with Gasteiger partial charge in [0.15, 0.2) is 0 Å². The Kier molecular flexibility index (Phi) is 37.5. The van der Waals surface area contributed by atoms with E-state index in [9.17, 15) is 19.5 Å². The molecule has 0 saturated carbocycles. The van der Waals surface area contributed by atoms with Gasteiger partial charge < -0.3 is 16.6 Å². The monoisotopic (exact) mass is 640 g/mol. The highest BCUT2D eigenvalue weighted by Crippen LogP contribution is 2.18. The molecule has 0 aromatic heterocycles. The summed E-state index contributed by atoms with van der Waals surface area (Å²) in [5.74, 6) is -1.73. The summed E-state index contributed by atoms with van der Waals surface area (Å²) in [6.45, 7) is 8.02. The number of amides is 2. The van der Waals surface area contributed by atoms with E-state index in [2.05, 4.69) is 20.8 Å². The fourth-order valence-corrected chi connectivity index (χ4v) is 5.67. The molecule has 0 aromatic rings. The first kappa shape index (κ1) is 45.7. The van der Waals surface area contributed by atoms with Gasteiger partial charge in [0, 0.05) is 12.8 Å². The van der Waals surface area contributed by atoms with Gasteiger partial charge in [0.2, 0.25) is 11.8 Å². The Bertz CT molecular complexity index is 619. The van der Waals surface area contributed by atoms with Gasteiger partial charge >= 0.3 is 5.97 Å². The predicted molar refractivity (Wildman–Crippen MR) is 192 cm³/mol. The second kappa shape index (κ2) is 37.0. The van der Waals surface area contributed by atoms with Crippen molar-refractivity contribution in [2.75, 3.05) is 13.1 Å². The van der Waals surface area contributed by atoms with Crippen molar-refractivity contribution in [3.8, 4) is 0 Å². The minimum atomic E-state index is -1.09. The van der Waals surface area contributed by atoms with Crippen LogP contribution in [0.1, 0.15) is 207 Å². The van der Waals surface area contributed by atoms with E-state index in [0.29, 0.717) is 32.2 Å². The Hall–Kier alpha value is -1.47. The van der Waals surface area contributed by atoms with E-state index >= 15 is 0 Å². The highest BCUT2D eigenvalue weighted by Gasteiger charge is 2.33. The third kappa shape index (κ3) is 30.9. The van der Waals surface area contributed by atoms with Crippen molar-refractivity contribution in [3.63, 3.8) is 0 Å². The third-order valence-electron chi connectivity index (χ3n) is 8.61. The number of carbonyl (C=O) groups excluding carboxylic acids is 2. The first-order valence-corrected chi connectivity index (χ1v) is 19.4. The summed E-state index contributed by atoms with van der Waals surface area (Å²) >= 11 is 0. The van der Waals surface area contributed by atoms with E-state index in [4.69, 9.17) is 11.5 Å². The number of carboxylic acids is 1. The van der Waals surface area contributed by atoms with Gasteiger partial charge in [0.05, 0.1) is 0 Å². The Morgan fingerprint density at radius 3 is 1.07 bits per heavy atom. The summed E-state index contributed by atoms with van der Waals surface area (Å²) in [4.78, 5) is 39.2. The first-order valence-electron chi connectivity index (χ1n) is 19.4. The summed E-state index contributed by atoms with van der Waals surface area (Å²) in [7, 11) is 0. The normalized spacial score (nSPS) is 11.6. The molecule has 1 atom stereocenters. The lowest BCUT2D eigenvalue weighted by molar-refractivity contribution is -0.158. The maximum Gasteiger partial charge on any atom is 0.326 e. The number of unbranched alkanes of at least 4 members (excludes halogenated alkanes) is 22. The molecular weight excluding hydrogens is 562 g/mol. The molecule has 7 nitrogen and oxygen atoms in total. The van der Waals surface area contributed by atoms with E-state index in [1.165, 1.54) is 116 Å². The number of carbonyl (C=O) groups is 3. The molecule has 0 aliphatic heterocycles. The van der Waals surface area contributed by atoms with Gasteiger partial charge in [0.1, 0.15) is 6.04 Å². The van der Waals surface area contributed by atoms with Gasteiger partial charge in [-0.1, -0.05) is 156 Å². The molecule has 0 rings (SSSR count). The van der Waals surface area contributed by atoms with Gasteiger partial charge in [-0.25, -0.2) is 4.79 Å². The summed E-state index contributed by atoms with van der Waals surface area (Å²) in [6.07, 6.45) is 30.7. The molecule has 0 heterocycles. The Morgan fingerprint density at radius 2 is 0.756 bits per heavy atom. The van der Waals surface area contributed by atoms with Crippen molar-refractivity contribution >= 4 is 17.8 Å². The number of imide groups is 1. The van der Waals surface area contributed by atoms with Crippen molar-refractivity contribution in [1.29, 1.82) is 0 Å². The van der Waals surface area contributed by atoms with Crippen molar-refractivity contribution in [2.45, 2.75) is 213 Å². The molecule has 0 unspecified atom stereocenters. The number of nitrogens with zero attached hydrogens (tertiary/aromatic N) is 1. The van der Waals surface area contributed by atoms with E-state index in [-0.39, 0.29) is 31.1 Å². The maximum absolute atomic E-state index is 13.0. The van der Waals surface area contributed by atoms with E-state index in [1.807, 2.05) is 0 Å². The molecule has 5 N–H and O–H groups in total. The SMILES string of the molecule is CCCCCCCCCCCC(=O)N(C(=O)CCCCCCCCCCC)[C@@H](CCCCN)C(=O)O.CCCCCCCCN. The zero-order chi connectivity index (χ0) is 33.8. The molecular formula is C38H77N3O4. The van der Waals surface area contributed by atoms with Crippen LogP contribution in [-0.2, 0) is 14.4 Å². The van der Waals surface area contributed by atoms with E-state index in [0.717, 1.165) is 37.1 Å². The minimum Gasteiger partial charge on any atom is -0.480 e. The second-order valence-corrected chi connectivity index (χ2v) is 13.0. The molecule has 7 heteroatoms. The lowest BCUT2D eigenvalue weighted by atomic mass is 10.0. The van der Waals surface area contributed by atoms with Crippen LogP contribution in [0.3, 0.4) is 0 Å². The molecule has 0 aliphatic carbocycles. The molecule has 0 spiro atoms. The topological polar surface area (TPSA) is 127 Å². The van der Waals surface area contributed by atoms with E-state index < -0.39 is 12.0 Å². The lowest BCUT2D eigenvalue weighted by Gasteiger charge is -2.27. The Labute approximate surface area is 279 Å². The molecule has 2 amide bonds. The average molecular weight is 640 g/mol. The zero-order valence-corrected chi connectivity index (χ0v) is 30.3. The zero-order valence-electron chi connectivity index (χ0n) is 30.3. The van der Waals surface area contributed by atoms with Crippen molar-refractivity contribution < 1.29 is 19.5 Å². The fourth-order valence-electron chi connectivity index (χ4n) is 5.67. The molecule has 268 valence electrons. The number of hydrogen-bond donors (Lipinski definition) is 3. The van der Waals surface area contributed by atoms with Crippen LogP contribution in [-0.4, -0.2) is 46.9 Å². The van der Waals surface area contributed by atoms with Crippen LogP contribution < -0.4 is 11.5 Å². The maximum atomic E-state index is 13.0. The summed E-state index contributed by atoms with van der Waals surface area (Å²) in [5, 5.41) is 9.82. The highest BCUT2D eigenvalue weighted by molar-refractivity contribution is 5.99. The highest BCUT2D eigenvalue weighted by atomic mass is 16.4. The Balaban J connectivity index is 0. The summed E-state index contributed by atoms with van der Waals surface area (Å²) < 4.78 is 0. The molecule has 0 aromatic carbocycles. The second-order valence-electron chi connectivity index (χ2n) is 13.0. The van der Waals surface area contributed by atoms with Crippen LogP contribution in [0.25, 0.3) is 0 Å². The number of hydrogen-bond acceptors (Lipinski definition) is 5. The van der Waals surface area contributed by atoms with Crippen molar-refractivity contribution in [2.24, 2.45) is 11.5 Å². The number of carboxylic acid groups (broad SMARTS) is 1.